The molecule has 0 unspecified atom stereocenters. The molecule has 0 spiro atoms. The van der Waals surface area contributed by atoms with Crippen molar-refractivity contribution in [3.05, 3.63) is 35.7 Å². The number of nitrogens with zero attached hydrogens (tertiary/aromatic N) is 4. The highest BCUT2D eigenvalue weighted by atomic mass is 16.1. The molecule has 0 radical (unpaired) electrons. The standard InChI is InChI=1S/C17H21N5O/c1-4-5-6-12(2)17(23)20-16-13(3)11-22(21-16)15-8-7-14(9-18)10-19-15/h7-8,10-12H,4-6H2,1-3H3,(H,20,21,23)/t12-/m1/s1. The molecular formula is C17H21N5O. The number of anilines is 1. The number of amides is 1. The molecule has 0 aliphatic heterocycles. The Kier molecular flexibility index (Phi) is 5.47. The van der Waals surface area contributed by atoms with E-state index in [1.54, 1.807) is 23.0 Å². The van der Waals surface area contributed by atoms with Crippen LogP contribution in [0.3, 0.4) is 0 Å². The third kappa shape index (κ3) is 4.16. The topological polar surface area (TPSA) is 83.6 Å². The molecule has 1 amide bonds. The average molecular weight is 311 g/mol. The van der Waals surface area contributed by atoms with Crippen molar-refractivity contribution in [2.24, 2.45) is 5.92 Å². The summed E-state index contributed by atoms with van der Waals surface area (Å²) in [5, 5.41) is 16.1. The second-order valence-electron chi connectivity index (χ2n) is 5.65. The van der Waals surface area contributed by atoms with Crippen LogP contribution in [0.5, 0.6) is 0 Å². The van der Waals surface area contributed by atoms with Crippen molar-refractivity contribution in [2.75, 3.05) is 5.32 Å². The Labute approximate surface area is 136 Å². The molecule has 2 aromatic rings. The molecule has 2 rings (SSSR count). The van der Waals surface area contributed by atoms with E-state index in [4.69, 9.17) is 5.26 Å². The predicted molar refractivity (Wildman–Crippen MR) is 88.1 cm³/mol. The summed E-state index contributed by atoms with van der Waals surface area (Å²) in [6.07, 6.45) is 6.30. The van der Waals surface area contributed by atoms with Gasteiger partial charge in [-0.05, 0) is 25.5 Å². The van der Waals surface area contributed by atoms with Crippen molar-refractivity contribution in [1.82, 2.24) is 14.8 Å². The highest BCUT2D eigenvalue weighted by molar-refractivity contribution is 5.92. The number of unbranched alkanes of at least 4 members (excludes halogenated alkanes) is 1. The predicted octanol–water partition coefficient (Wildman–Crippen LogP) is 3.21. The maximum Gasteiger partial charge on any atom is 0.228 e. The number of hydrogen-bond acceptors (Lipinski definition) is 4. The molecule has 0 aliphatic carbocycles. The van der Waals surface area contributed by atoms with E-state index in [-0.39, 0.29) is 11.8 Å². The van der Waals surface area contributed by atoms with Crippen LogP contribution in [0.1, 0.15) is 44.2 Å². The minimum atomic E-state index is -0.0347. The van der Waals surface area contributed by atoms with Gasteiger partial charge in [0.05, 0.1) is 5.56 Å². The Hall–Kier alpha value is -2.68. The molecule has 6 nitrogen and oxygen atoms in total. The zero-order chi connectivity index (χ0) is 16.8. The van der Waals surface area contributed by atoms with Gasteiger partial charge in [0.15, 0.2) is 11.6 Å². The molecule has 0 aromatic carbocycles. The van der Waals surface area contributed by atoms with Crippen LogP contribution < -0.4 is 5.32 Å². The number of aromatic nitrogens is 3. The number of carbonyl (C=O) groups excluding carboxylic acids is 1. The third-order valence-corrected chi connectivity index (χ3v) is 3.69. The summed E-state index contributed by atoms with van der Waals surface area (Å²) in [7, 11) is 0. The molecule has 0 bridgehead atoms. The lowest BCUT2D eigenvalue weighted by atomic mass is 10.0. The molecule has 1 atom stereocenters. The Balaban J connectivity index is 2.11. The number of aryl methyl sites for hydroxylation is 1. The van der Waals surface area contributed by atoms with Gasteiger partial charge < -0.3 is 5.32 Å². The Morgan fingerprint density at radius 2 is 2.26 bits per heavy atom. The summed E-state index contributed by atoms with van der Waals surface area (Å²) in [5.41, 5.74) is 1.36. The fourth-order valence-corrected chi connectivity index (χ4v) is 2.17. The lowest BCUT2D eigenvalue weighted by Gasteiger charge is -2.10. The second kappa shape index (κ2) is 7.54. The minimum absolute atomic E-state index is 0.0143. The van der Waals surface area contributed by atoms with Gasteiger partial charge in [-0.3, -0.25) is 4.79 Å². The monoisotopic (exact) mass is 311 g/mol. The van der Waals surface area contributed by atoms with Crippen LogP contribution in [0, 0.1) is 24.2 Å². The SMILES string of the molecule is CCCC[C@@H](C)C(=O)Nc1nn(-c2ccc(C#N)cn2)cc1C. The second-order valence-corrected chi connectivity index (χ2v) is 5.65. The van der Waals surface area contributed by atoms with E-state index in [1.165, 1.54) is 6.20 Å². The highest BCUT2D eigenvalue weighted by Gasteiger charge is 2.16. The van der Waals surface area contributed by atoms with Gasteiger partial charge in [-0.2, -0.15) is 5.26 Å². The maximum atomic E-state index is 12.2. The lowest BCUT2D eigenvalue weighted by Crippen LogP contribution is -2.21. The van der Waals surface area contributed by atoms with Crippen LogP contribution in [0.2, 0.25) is 0 Å². The van der Waals surface area contributed by atoms with E-state index in [1.807, 2.05) is 19.9 Å². The third-order valence-electron chi connectivity index (χ3n) is 3.69. The van der Waals surface area contributed by atoms with E-state index in [0.29, 0.717) is 17.2 Å². The number of nitrogens with one attached hydrogen (secondary N) is 1. The summed E-state index contributed by atoms with van der Waals surface area (Å²) < 4.78 is 1.60. The zero-order valence-electron chi connectivity index (χ0n) is 13.7. The first kappa shape index (κ1) is 16.7. The van der Waals surface area contributed by atoms with E-state index >= 15 is 0 Å². The molecule has 23 heavy (non-hydrogen) atoms. The largest absolute Gasteiger partial charge is 0.309 e. The summed E-state index contributed by atoms with van der Waals surface area (Å²) in [6, 6.07) is 5.44. The number of nitriles is 1. The summed E-state index contributed by atoms with van der Waals surface area (Å²) in [6.45, 7) is 5.93. The van der Waals surface area contributed by atoms with Crippen LogP contribution in [0.25, 0.3) is 5.82 Å². The van der Waals surface area contributed by atoms with Crippen molar-refractivity contribution in [1.29, 1.82) is 5.26 Å². The fourth-order valence-electron chi connectivity index (χ4n) is 2.17. The first-order valence-corrected chi connectivity index (χ1v) is 7.78. The maximum absolute atomic E-state index is 12.2. The minimum Gasteiger partial charge on any atom is -0.309 e. The van der Waals surface area contributed by atoms with E-state index in [2.05, 4.69) is 22.3 Å². The molecule has 0 aliphatic rings. The van der Waals surface area contributed by atoms with Crippen LogP contribution in [-0.4, -0.2) is 20.7 Å². The molecule has 2 aromatic heterocycles. The summed E-state index contributed by atoms with van der Waals surface area (Å²) in [5.74, 6) is 1.10. The Morgan fingerprint density at radius 1 is 1.48 bits per heavy atom. The van der Waals surface area contributed by atoms with Gasteiger partial charge in [-0.25, -0.2) is 9.67 Å². The van der Waals surface area contributed by atoms with Crippen LogP contribution in [0.15, 0.2) is 24.5 Å². The molecule has 2 heterocycles. The summed E-state index contributed by atoms with van der Waals surface area (Å²) >= 11 is 0. The van der Waals surface area contributed by atoms with Gasteiger partial charge in [0.1, 0.15) is 6.07 Å². The fraction of sp³-hybridized carbons (Fsp3) is 0.412. The van der Waals surface area contributed by atoms with E-state index in [0.717, 1.165) is 24.8 Å². The molecule has 0 saturated carbocycles. The first-order valence-electron chi connectivity index (χ1n) is 7.78. The molecular weight excluding hydrogens is 290 g/mol. The van der Waals surface area contributed by atoms with Gasteiger partial charge in [0, 0.05) is 23.9 Å². The number of carbonyl (C=O) groups is 1. The van der Waals surface area contributed by atoms with Crippen LogP contribution >= 0.6 is 0 Å². The zero-order valence-corrected chi connectivity index (χ0v) is 13.7. The van der Waals surface area contributed by atoms with Gasteiger partial charge in [0.25, 0.3) is 0 Å². The highest BCUT2D eigenvalue weighted by Crippen LogP contribution is 2.17. The smallest absolute Gasteiger partial charge is 0.228 e. The van der Waals surface area contributed by atoms with Crippen molar-refractivity contribution in [3.63, 3.8) is 0 Å². The quantitative estimate of drug-likeness (QED) is 0.887. The van der Waals surface area contributed by atoms with E-state index in [9.17, 15) is 4.79 Å². The van der Waals surface area contributed by atoms with Gasteiger partial charge in [0.2, 0.25) is 5.91 Å². The molecule has 6 heteroatoms. The normalized spacial score (nSPS) is 11.7. The van der Waals surface area contributed by atoms with Gasteiger partial charge in [-0.1, -0.05) is 26.7 Å². The van der Waals surface area contributed by atoms with Gasteiger partial charge >= 0.3 is 0 Å². The number of hydrogen-bond donors (Lipinski definition) is 1. The van der Waals surface area contributed by atoms with Crippen molar-refractivity contribution < 1.29 is 4.79 Å². The molecule has 120 valence electrons. The Morgan fingerprint density at radius 3 is 2.87 bits per heavy atom. The Bertz CT molecular complexity index is 712. The van der Waals surface area contributed by atoms with Crippen molar-refractivity contribution >= 4 is 11.7 Å². The molecule has 1 N–H and O–H groups in total. The molecule has 0 saturated heterocycles. The molecule has 0 fully saturated rings. The van der Waals surface area contributed by atoms with Crippen LogP contribution in [-0.2, 0) is 4.79 Å². The van der Waals surface area contributed by atoms with Crippen LogP contribution in [0.4, 0.5) is 5.82 Å². The van der Waals surface area contributed by atoms with Gasteiger partial charge in [-0.15, -0.1) is 5.10 Å². The first-order chi connectivity index (χ1) is 11.0. The average Bonchev–Trinajstić information content (AvgIpc) is 2.93. The van der Waals surface area contributed by atoms with Crippen molar-refractivity contribution in [2.45, 2.75) is 40.0 Å². The van der Waals surface area contributed by atoms with Crippen molar-refractivity contribution in [3.8, 4) is 11.9 Å². The lowest BCUT2D eigenvalue weighted by molar-refractivity contribution is -0.119. The number of rotatable bonds is 6. The van der Waals surface area contributed by atoms with E-state index < -0.39 is 0 Å². The summed E-state index contributed by atoms with van der Waals surface area (Å²) in [4.78, 5) is 16.4. The number of pyridine rings is 1.